The Morgan fingerprint density at radius 1 is 0.925 bits per heavy atom. The van der Waals surface area contributed by atoms with Gasteiger partial charge in [-0.05, 0) is 76.3 Å². The molecule has 210 valence electrons. The van der Waals surface area contributed by atoms with Crippen molar-refractivity contribution >= 4 is 29.1 Å². The van der Waals surface area contributed by atoms with Crippen molar-refractivity contribution in [2.24, 2.45) is 11.8 Å². The highest BCUT2D eigenvalue weighted by Crippen LogP contribution is 2.60. The predicted molar refractivity (Wildman–Crippen MR) is 155 cm³/mol. The molecule has 2 N–H and O–H groups in total. The van der Waals surface area contributed by atoms with Gasteiger partial charge in [0.2, 0.25) is 17.7 Å². The second-order valence-electron chi connectivity index (χ2n) is 13.1. The molecule has 0 radical (unpaired) electrons. The van der Waals surface area contributed by atoms with Gasteiger partial charge < -0.3 is 15.4 Å². The number of para-hydroxylation sites is 1. The van der Waals surface area contributed by atoms with E-state index in [0.29, 0.717) is 17.3 Å². The van der Waals surface area contributed by atoms with Gasteiger partial charge in [-0.2, -0.15) is 0 Å². The Hall–Kier alpha value is -3.45. The zero-order valence-electron chi connectivity index (χ0n) is 23.8. The van der Waals surface area contributed by atoms with E-state index < -0.39 is 34.6 Å². The van der Waals surface area contributed by atoms with Gasteiger partial charge in [0.25, 0.3) is 0 Å². The summed E-state index contributed by atoms with van der Waals surface area (Å²) in [6.07, 6.45) is 9.84. The molecule has 0 aromatic heterocycles. The van der Waals surface area contributed by atoms with Crippen molar-refractivity contribution in [2.75, 3.05) is 10.2 Å². The number of carbonyl (C=O) groups is 3. The molecule has 1 spiro atoms. The van der Waals surface area contributed by atoms with Gasteiger partial charge in [-0.15, -0.1) is 0 Å². The number of anilines is 2. The summed E-state index contributed by atoms with van der Waals surface area (Å²) >= 11 is 0. The largest absolute Gasteiger partial charge is 0.356 e. The highest BCUT2D eigenvalue weighted by atomic mass is 16.5. The van der Waals surface area contributed by atoms with Crippen LogP contribution >= 0.6 is 0 Å². The lowest BCUT2D eigenvalue weighted by Crippen LogP contribution is -2.58. The molecule has 4 aliphatic rings. The SMILES string of the molecule is CC(C)(C)NC(=O)C1N(c2ccc(C3CCCCC3)cc2)C(=O)C2C(C(=O)Nc3ccccc3)C3(C)C=CC21O3. The summed E-state index contributed by atoms with van der Waals surface area (Å²) in [6, 6.07) is 16.4. The minimum Gasteiger partial charge on any atom is -0.356 e. The maximum absolute atomic E-state index is 14.4. The highest BCUT2D eigenvalue weighted by molar-refractivity contribution is 6.11. The Balaban J connectivity index is 1.38. The maximum atomic E-state index is 14.4. The van der Waals surface area contributed by atoms with Crippen molar-refractivity contribution in [3.05, 3.63) is 72.3 Å². The number of nitrogens with zero attached hydrogens (tertiary/aromatic N) is 1. The molecule has 3 aliphatic heterocycles. The zero-order chi connectivity index (χ0) is 28.3. The summed E-state index contributed by atoms with van der Waals surface area (Å²) in [6.45, 7) is 7.59. The number of rotatable bonds is 5. The fourth-order valence-corrected chi connectivity index (χ4v) is 7.33. The summed E-state index contributed by atoms with van der Waals surface area (Å²) in [7, 11) is 0. The van der Waals surface area contributed by atoms with E-state index in [-0.39, 0.29) is 17.7 Å². The van der Waals surface area contributed by atoms with E-state index in [0.717, 1.165) is 0 Å². The van der Waals surface area contributed by atoms with E-state index in [1.54, 1.807) is 4.90 Å². The zero-order valence-corrected chi connectivity index (χ0v) is 23.8. The number of hydrogen-bond donors (Lipinski definition) is 2. The van der Waals surface area contributed by atoms with Crippen LogP contribution in [0.4, 0.5) is 11.4 Å². The summed E-state index contributed by atoms with van der Waals surface area (Å²) in [4.78, 5) is 43.7. The van der Waals surface area contributed by atoms with E-state index >= 15 is 0 Å². The fourth-order valence-electron chi connectivity index (χ4n) is 7.33. The van der Waals surface area contributed by atoms with Gasteiger partial charge >= 0.3 is 0 Å². The highest BCUT2D eigenvalue weighted by Gasteiger charge is 2.76. The Bertz CT molecular complexity index is 1340. The van der Waals surface area contributed by atoms with E-state index in [1.165, 1.54) is 37.7 Å². The summed E-state index contributed by atoms with van der Waals surface area (Å²) in [5.74, 6) is -1.94. The minimum atomic E-state index is -1.25. The molecular weight excluding hydrogens is 502 g/mol. The number of ether oxygens (including phenoxy) is 1. The number of nitrogens with one attached hydrogen (secondary N) is 2. The molecule has 2 aromatic rings. The molecule has 3 heterocycles. The van der Waals surface area contributed by atoms with Crippen LogP contribution in [0.5, 0.6) is 0 Å². The number of carbonyl (C=O) groups excluding carboxylic acids is 3. The van der Waals surface area contributed by atoms with Crippen LogP contribution in [0.25, 0.3) is 0 Å². The Morgan fingerprint density at radius 3 is 2.25 bits per heavy atom. The van der Waals surface area contributed by atoms with Gasteiger partial charge in [-0.1, -0.05) is 61.7 Å². The van der Waals surface area contributed by atoms with Crippen LogP contribution in [0, 0.1) is 11.8 Å². The molecule has 1 aliphatic carbocycles. The fraction of sp³-hybridized carbons (Fsp3) is 0.485. The van der Waals surface area contributed by atoms with Gasteiger partial charge in [-0.3, -0.25) is 19.3 Å². The van der Waals surface area contributed by atoms with Crippen molar-refractivity contribution in [3.63, 3.8) is 0 Å². The van der Waals surface area contributed by atoms with Crippen LogP contribution in [-0.4, -0.2) is 40.5 Å². The first-order valence-electron chi connectivity index (χ1n) is 14.5. The van der Waals surface area contributed by atoms with Gasteiger partial charge in [0.1, 0.15) is 11.6 Å². The van der Waals surface area contributed by atoms with Gasteiger partial charge in [0.15, 0.2) is 0 Å². The van der Waals surface area contributed by atoms with Crippen LogP contribution < -0.4 is 15.5 Å². The van der Waals surface area contributed by atoms with Crippen LogP contribution in [0.3, 0.4) is 0 Å². The first kappa shape index (κ1) is 26.8. The lowest BCUT2D eigenvalue weighted by Gasteiger charge is -2.35. The predicted octanol–water partition coefficient (Wildman–Crippen LogP) is 5.33. The Labute approximate surface area is 236 Å². The summed E-state index contributed by atoms with van der Waals surface area (Å²) < 4.78 is 6.64. The molecule has 40 heavy (non-hydrogen) atoms. The average molecular weight is 542 g/mol. The van der Waals surface area contributed by atoms with E-state index in [9.17, 15) is 14.4 Å². The summed E-state index contributed by atoms with van der Waals surface area (Å²) in [5.41, 5.74) is -0.193. The molecule has 1 saturated carbocycles. The quantitative estimate of drug-likeness (QED) is 0.501. The van der Waals surface area contributed by atoms with Crippen LogP contribution in [0.1, 0.15) is 71.3 Å². The number of hydrogen-bond acceptors (Lipinski definition) is 4. The molecule has 2 aromatic carbocycles. The van der Waals surface area contributed by atoms with Gasteiger partial charge in [-0.25, -0.2) is 0 Å². The molecule has 5 unspecified atom stereocenters. The van der Waals surface area contributed by atoms with E-state index in [2.05, 4.69) is 22.8 Å². The standard InChI is InChI=1S/C33H39N3O4/c1-31(2,3)35-29(38)27-33-20-19-32(4,40-33)25(28(37)34-23-13-9-6-10-14-23)26(33)30(39)36(27)24-17-15-22(16-18-24)21-11-7-5-8-12-21/h6,9-10,13-21,25-27H,5,7-8,11-12H2,1-4H3,(H,34,37)(H,35,38). The smallest absolute Gasteiger partial charge is 0.246 e. The van der Waals surface area contributed by atoms with Crippen LogP contribution in [0.15, 0.2) is 66.7 Å². The number of fused-ring (bicyclic) bond motifs is 1. The third kappa shape index (κ3) is 4.35. The number of amides is 3. The van der Waals surface area contributed by atoms with Crippen molar-refractivity contribution in [1.82, 2.24) is 5.32 Å². The van der Waals surface area contributed by atoms with Crippen LogP contribution in [0.2, 0.25) is 0 Å². The second-order valence-corrected chi connectivity index (χ2v) is 13.1. The lowest BCUT2D eigenvalue weighted by atomic mass is 9.70. The molecule has 3 fully saturated rings. The first-order chi connectivity index (χ1) is 19.0. The topological polar surface area (TPSA) is 87.7 Å². The monoisotopic (exact) mass is 541 g/mol. The molecule has 2 saturated heterocycles. The molecule has 3 amide bonds. The molecule has 5 atom stereocenters. The van der Waals surface area contributed by atoms with Crippen molar-refractivity contribution < 1.29 is 19.1 Å². The Morgan fingerprint density at radius 2 is 1.60 bits per heavy atom. The first-order valence-corrected chi connectivity index (χ1v) is 14.5. The van der Waals surface area contributed by atoms with E-state index in [4.69, 9.17) is 4.74 Å². The van der Waals surface area contributed by atoms with Crippen molar-refractivity contribution in [2.45, 2.75) is 88.5 Å². The van der Waals surface area contributed by atoms with Crippen molar-refractivity contribution in [1.29, 1.82) is 0 Å². The third-order valence-electron chi connectivity index (χ3n) is 9.02. The molecule has 6 rings (SSSR count). The normalized spacial score (nSPS) is 31.4. The van der Waals surface area contributed by atoms with Crippen LogP contribution in [-0.2, 0) is 19.1 Å². The summed E-state index contributed by atoms with van der Waals surface area (Å²) in [5, 5.41) is 6.06. The van der Waals surface area contributed by atoms with E-state index in [1.807, 2.05) is 82.3 Å². The van der Waals surface area contributed by atoms with Crippen molar-refractivity contribution in [3.8, 4) is 0 Å². The Kier molecular flexibility index (Phi) is 6.41. The molecular formula is C33H39N3O4. The lowest BCUT2D eigenvalue weighted by molar-refractivity contribution is -0.131. The van der Waals surface area contributed by atoms with Gasteiger partial charge in [0, 0.05) is 16.9 Å². The minimum absolute atomic E-state index is 0.263. The molecule has 7 nitrogen and oxygen atoms in total. The molecule has 2 bridgehead atoms. The maximum Gasteiger partial charge on any atom is 0.246 e. The average Bonchev–Trinajstić information content (AvgIpc) is 3.49. The second kappa shape index (κ2) is 9.58. The third-order valence-corrected chi connectivity index (χ3v) is 9.02. The van der Waals surface area contributed by atoms with Gasteiger partial charge in [0.05, 0.1) is 17.4 Å². The molecule has 7 heteroatoms. The number of benzene rings is 2.